The van der Waals surface area contributed by atoms with E-state index in [2.05, 4.69) is 10.1 Å². The number of rotatable bonds is 4. The molecule has 0 saturated carbocycles. The summed E-state index contributed by atoms with van der Waals surface area (Å²) in [4.78, 5) is 28.3. The minimum absolute atomic E-state index is 0.0385. The summed E-state index contributed by atoms with van der Waals surface area (Å²) >= 11 is 6.05. The predicted octanol–water partition coefficient (Wildman–Crippen LogP) is 3.31. The van der Waals surface area contributed by atoms with Gasteiger partial charge >= 0.3 is 5.97 Å². The molecule has 0 aliphatic carbocycles. The lowest BCUT2D eigenvalue weighted by molar-refractivity contribution is -0.129. The van der Waals surface area contributed by atoms with Gasteiger partial charge in [-0.05, 0) is 32.0 Å². The Bertz CT molecular complexity index is 791. The summed E-state index contributed by atoms with van der Waals surface area (Å²) in [6.45, 7) is 8.72. The number of ketones is 1. The Balaban J connectivity index is 2.24. The van der Waals surface area contributed by atoms with Crippen LogP contribution in [0.15, 0.2) is 18.2 Å². The van der Waals surface area contributed by atoms with Crippen molar-refractivity contribution in [3.63, 3.8) is 0 Å². The Morgan fingerprint density at radius 2 is 1.92 bits per heavy atom. The third-order valence-electron chi connectivity index (χ3n) is 3.42. The highest BCUT2D eigenvalue weighted by atomic mass is 35.5. The van der Waals surface area contributed by atoms with Crippen LogP contribution in [0.3, 0.4) is 0 Å². The van der Waals surface area contributed by atoms with Gasteiger partial charge in [-0.15, -0.1) is 0 Å². The minimum Gasteiger partial charge on any atom is -0.453 e. The summed E-state index contributed by atoms with van der Waals surface area (Å²) < 4.78 is 6.67. The van der Waals surface area contributed by atoms with Crippen molar-refractivity contribution in [2.24, 2.45) is 5.41 Å². The van der Waals surface area contributed by atoms with Gasteiger partial charge in [0.1, 0.15) is 0 Å². The largest absolute Gasteiger partial charge is 0.453 e. The van der Waals surface area contributed by atoms with Gasteiger partial charge in [0.15, 0.2) is 23.9 Å². The zero-order valence-corrected chi connectivity index (χ0v) is 15.1. The number of esters is 1. The SMILES string of the molecule is Cc1cc(C)n(-c2ccc(Cl)c(C(=O)OCC(=O)C(C)(C)C)n2)n1. The van der Waals surface area contributed by atoms with Crippen molar-refractivity contribution in [2.45, 2.75) is 34.6 Å². The van der Waals surface area contributed by atoms with Crippen molar-refractivity contribution in [3.8, 4) is 5.82 Å². The van der Waals surface area contributed by atoms with Crippen LogP contribution in [0.25, 0.3) is 5.82 Å². The van der Waals surface area contributed by atoms with Gasteiger partial charge in [0.05, 0.1) is 10.7 Å². The Kier molecular flexibility index (Phi) is 5.08. The second kappa shape index (κ2) is 6.73. The van der Waals surface area contributed by atoms with Crippen LogP contribution in [0.2, 0.25) is 5.02 Å². The number of pyridine rings is 1. The molecule has 6 nitrogen and oxygen atoms in total. The highest BCUT2D eigenvalue weighted by Gasteiger charge is 2.24. The minimum atomic E-state index is -0.735. The van der Waals surface area contributed by atoms with Crippen LogP contribution in [-0.4, -0.2) is 33.1 Å². The van der Waals surface area contributed by atoms with E-state index in [-0.39, 0.29) is 23.1 Å². The molecule has 0 bridgehead atoms. The summed E-state index contributed by atoms with van der Waals surface area (Å²) in [5, 5.41) is 4.48. The van der Waals surface area contributed by atoms with Gasteiger partial charge in [0.25, 0.3) is 0 Å². The molecule has 0 saturated heterocycles. The molecule has 2 heterocycles. The van der Waals surface area contributed by atoms with Crippen molar-refractivity contribution in [2.75, 3.05) is 6.61 Å². The molecular formula is C17H20ClN3O3. The molecular weight excluding hydrogens is 330 g/mol. The number of carbonyl (C=O) groups excluding carboxylic acids is 2. The van der Waals surface area contributed by atoms with Crippen molar-refractivity contribution < 1.29 is 14.3 Å². The van der Waals surface area contributed by atoms with Crippen LogP contribution in [0.1, 0.15) is 42.6 Å². The average molecular weight is 350 g/mol. The lowest BCUT2D eigenvalue weighted by Crippen LogP contribution is -2.26. The lowest BCUT2D eigenvalue weighted by atomic mass is 9.91. The van der Waals surface area contributed by atoms with Gasteiger partial charge < -0.3 is 4.74 Å². The maximum atomic E-state index is 12.2. The number of aryl methyl sites for hydroxylation is 2. The molecule has 0 fully saturated rings. The topological polar surface area (TPSA) is 74.1 Å². The molecule has 7 heteroatoms. The number of hydrogen-bond acceptors (Lipinski definition) is 5. The smallest absolute Gasteiger partial charge is 0.359 e. The van der Waals surface area contributed by atoms with Crippen LogP contribution < -0.4 is 0 Å². The van der Waals surface area contributed by atoms with Gasteiger partial charge in [-0.2, -0.15) is 5.10 Å². The number of hydrogen-bond donors (Lipinski definition) is 0. The quantitative estimate of drug-likeness (QED) is 0.792. The van der Waals surface area contributed by atoms with Gasteiger partial charge in [-0.3, -0.25) is 4.79 Å². The number of aromatic nitrogens is 3. The van der Waals surface area contributed by atoms with Crippen LogP contribution >= 0.6 is 11.6 Å². The fourth-order valence-corrected chi connectivity index (χ4v) is 2.15. The van der Waals surface area contributed by atoms with Crippen LogP contribution in [0.5, 0.6) is 0 Å². The monoisotopic (exact) mass is 349 g/mol. The Labute approximate surface area is 145 Å². The maximum absolute atomic E-state index is 12.2. The molecule has 2 aromatic rings. The second-order valence-corrected chi connectivity index (χ2v) is 7.00. The highest BCUT2D eigenvalue weighted by Crippen LogP contribution is 2.19. The van der Waals surface area contributed by atoms with Crippen LogP contribution in [-0.2, 0) is 9.53 Å². The second-order valence-electron chi connectivity index (χ2n) is 6.59. The number of halogens is 1. The molecule has 24 heavy (non-hydrogen) atoms. The van der Waals surface area contributed by atoms with E-state index in [4.69, 9.17) is 16.3 Å². The van der Waals surface area contributed by atoms with Crippen LogP contribution in [0, 0.1) is 19.3 Å². The van der Waals surface area contributed by atoms with E-state index >= 15 is 0 Å². The Morgan fingerprint density at radius 1 is 1.25 bits per heavy atom. The molecule has 0 atom stereocenters. The molecule has 0 spiro atoms. The Morgan fingerprint density at radius 3 is 2.46 bits per heavy atom. The fraction of sp³-hybridized carbons (Fsp3) is 0.412. The normalized spacial score (nSPS) is 11.4. The summed E-state index contributed by atoms with van der Waals surface area (Å²) in [7, 11) is 0. The van der Waals surface area contributed by atoms with Crippen molar-refractivity contribution in [1.29, 1.82) is 0 Å². The van der Waals surface area contributed by atoms with Crippen molar-refractivity contribution >= 4 is 23.4 Å². The molecule has 0 amide bonds. The average Bonchev–Trinajstić information content (AvgIpc) is 2.82. The zero-order chi connectivity index (χ0) is 18.1. The van der Waals surface area contributed by atoms with E-state index in [1.54, 1.807) is 37.6 Å². The van der Waals surface area contributed by atoms with E-state index in [9.17, 15) is 9.59 Å². The van der Waals surface area contributed by atoms with Gasteiger partial charge in [-0.1, -0.05) is 32.4 Å². The molecule has 0 N–H and O–H groups in total. The van der Waals surface area contributed by atoms with E-state index in [1.807, 2.05) is 19.9 Å². The van der Waals surface area contributed by atoms with E-state index in [0.29, 0.717) is 5.82 Å². The molecule has 0 aromatic carbocycles. The molecule has 0 unspecified atom stereocenters. The third kappa shape index (κ3) is 4.00. The lowest BCUT2D eigenvalue weighted by Gasteiger charge is -2.16. The molecule has 0 aliphatic heterocycles. The first kappa shape index (κ1) is 18.1. The van der Waals surface area contributed by atoms with Crippen molar-refractivity contribution in [1.82, 2.24) is 14.8 Å². The van der Waals surface area contributed by atoms with E-state index in [0.717, 1.165) is 11.4 Å². The van der Waals surface area contributed by atoms with Crippen LogP contribution in [0.4, 0.5) is 0 Å². The number of nitrogens with zero attached hydrogens (tertiary/aromatic N) is 3. The summed E-state index contributed by atoms with van der Waals surface area (Å²) in [5.41, 5.74) is 1.10. The highest BCUT2D eigenvalue weighted by molar-refractivity contribution is 6.33. The molecule has 2 rings (SSSR count). The van der Waals surface area contributed by atoms with Gasteiger partial charge in [0.2, 0.25) is 0 Å². The first-order valence-corrected chi connectivity index (χ1v) is 7.88. The summed E-state index contributed by atoms with van der Waals surface area (Å²) in [5.74, 6) is -0.457. The first-order valence-electron chi connectivity index (χ1n) is 7.50. The van der Waals surface area contributed by atoms with E-state index < -0.39 is 11.4 Å². The third-order valence-corrected chi connectivity index (χ3v) is 3.73. The molecule has 2 aromatic heterocycles. The molecule has 128 valence electrons. The number of Topliss-reactive ketones (excluding diaryl/α,β-unsaturated/α-hetero) is 1. The number of ether oxygens (including phenoxy) is 1. The fourth-order valence-electron chi connectivity index (χ4n) is 1.97. The predicted molar refractivity (Wildman–Crippen MR) is 90.6 cm³/mol. The van der Waals surface area contributed by atoms with Crippen molar-refractivity contribution in [3.05, 3.63) is 40.3 Å². The van der Waals surface area contributed by atoms with Gasteiger partial charge in [-0.25, -0.2) is 14.5 Å². The summed E-state index contributed by atoms with van der Waals surface area (Å²) in [6.07, 6.45) is 0. The summed E-state index contributed by atoms with van der Waals surface area (Å²) in [6, 6.07) is 5.12. The van der Waals surface area contributed by atoms with Gasteiger partial charge in [0, 0.05) is 11.1 Å². The first-order chi connectivity index (χ1) is 11.1. The zero-order valence-electron chi connectivity index (χ0n) is 14.4. The van der Waals surface area contributed by atoms with E-state index in [1.165, 1.54) is 0 Å². The number of carbonyl (C=O) groups is 2. The molecule has 0 radical (unpaired) electrons. The molecule has 0 aliphatic rings. The standard InChI is InChI=1S/C17H20ClN3O3/c1-10-8-11(2)21(20-10)14-7-6-12(18)15(19-14)16(23)24-9-13(22)17(3,4)5/h6-8H,9H2,1-5H3. The Hall–Kier alpha value is -2.21. The maximum Gasteiger partial charge on any atom is 0.359 e.